The fraction of sp³-hybridized carbons (Fsp3) is 0.200. The predicted molar refractivity (Wildman–Crippen MR) is 71.6 cm³/mol. The van der Waals surface area contributed by atoms with Crippen molar-refractivity contribution in [2.45, 2.75) is 12.6 Å². The summed E-state index contributed by atoms with van der Waals surface area (Å²) in [6.07, 6.45) is -4.72. The monoisotopic (exact) mass is 312 g/mol. The van der Waals surface area contributed by atoms with Crippen molar-refractivity contribution in [3.05, 3.63) is 47.0 Å². The van der Waals surface area contributed by atoms with Crippen LogP contribution in [0.1, 0.15) is 21.5 Å². The first-order valence-corrected chi connectivity index (χ1v) is 6.16. The van der Waals surface area contributed by atoms with Crippen LogP contribution in [0.5, 0.6) is 0 Å². The molecule has 0 saturated heterocycles. The molecule has 0 aromatic heterocycles. The van der Waals surface area contributed by atoms with E-state index in [1.54, 1.807) is 0 Å². The SMILES string of the molecule is COC(=O)Cc1cc(C(=O)O)c2cc(C(F)(F)F)ccc2c1. The Balaban J connectivity index is 2.64. The van der Waals surface area contributed by atoms with Gasteiger partial charge in [-0.15, -0.1) is 0 Å². The Hall–Kier alpha value is -2.57. The molecule has 1 N–H and O–H groups in total. The Kier molecular flexibility index (Phi) is 4.07. The van der Waals surface area contributed by atoms with Gasteiger partial charge >= 0.3 is 18.1 Å². The minimum absolute atomic E-state index is 0.0315. The van der Waals surface area contributed by atoms with Gasteiger partial charge in [0.05, 0.1) is 24.7 Å². The van der Waals surface area contributed by atoms with Gasteiger partial charge in [-0.1, -0.05) is 12.1 Å². The molecule has 0 radical (unpaired) electrons. The van der Waals surface area contributed by atoms with Gasteiger partial charge in [-0.05, 0) is 34.5 Å². The molecular weight excluding hydrogens is 301 g/mol. The van der Waals surface area contributed by atoms with E-state index >= 15 is 0 Å². The molecule has 0 spiro atoms. The minimum Gasteiger partial charge on any atom is -0.478 e. The Labute approximate surface area is 123 Å². The largest absolute Gasteiger partial charge is 0.478 e. The summed E-state index contributed by atoms with van der Waals surface area (Å²) < 4.78 is 42.7. The molecule has 0 aliphatic rings. The van der Waals surface area contributed by atoms with Crippen LogP contribution in [0, 0.1) is 0 Å². The van der Waals surface area contributed by atoms with Crippen LogP contribution < -0.4 is 0 Å². The molecule has 2 aromatic rings. The number of benzene rings is 2. The van der Waals surface area contributed by atoms with Crippen LogP contribution in [-0.2, 0) is 22.1 Å². The van der Waals surface area contributed by atoms with Gasteiger partial charge in [0.1, 0.15) is 0 Å². The maximum atomic E-state index is 12.7. The van der Waals surface area contributed by atoms with Gasteiger partial charge in [0.25, 0.3) is 0 Å². The first-order valence-electron chi connectivity index (χ1n) is 6.16. The zero-order chi connectivity index (χ0) is 16.5. The fourth-order valence-electron chi connectivity index (χ4n) is 2.11. The number of hydrogen-bond acceptors (Lipinski definition) is 3. The molecular formula is C15H11F3O4. The van der Waals surface area contributed by atoms with Crippen molar-refractivity contribution < 1.29 is 32.6 Å². The molecule has 4 nitrogen and oxygen atoms in total. The van der Waals surface area contributed by atoms with E-state index in [-0.39, 0.29) is 17.4 Å². The van der Waals surface area contributed by atoms with E-state index in [1.165, 1.54) is 25.3 Å². The first-order chi connectivity index (χ1) is 10.2. The normalized spacial score (nSPS) is 11.5. The Morgan fingerprint density at radius 3 is 2.41 bits per heavy atom. The maximum Gasteiger partial charge on any atom is 0.416 e. The van der Waals surface area contributed by atoms with Crippen LogP contribution in [0.4, 0.5) is 13.2 Å². The predicted octanol–water partition coefficient (Wildman–Crippen LogP) is 3.27. The topological polar surface area (TPSA) is 63.6 Å². The van der Waals surface area contributed by atoms with Crippen LogP contribution in [0.15, 0.2) is 30.3 Å². The van der Waals surface area contributed by atoms with Crippen molar-refractivity contribution in [2.24, 2.45) is 0 Å². The minimum atomic E-state index is -4.56. The Morgan fingerprint density at radius 2 is 1.86 bits per heavy atom. The number of aromatic carboxylic acids is 1. The average molecular weight is 312 g/mol. The van der Waals surface area contributed by atoms with E-state index < -0.39 is 23.7 Å². The zero-order valence-corrected chi connectivity index (χ0v) is 11.4. The van der Waals surface area contributed by atoms with Crippen molar-refractivity contribution in [1.82, 2.24) is 0 Å². The van der Waals surface area contributed by atoms with E-state index in [9.17, 15) is 27.9 Å². The number of halogens is 3. The number of esters is 1. The number of carboxylic acid groups (broad SMARTS) is 1. The summed E-state index contributed by atoms with van der Waals surface area (Å²) >= 11 is 0. The number of methoxy groups -OCH3 is 1. The average Bonchev–Trinajstić information content (AvgIpc) is 2.44. The van der Waals surface area contributed by atoms with Crippen LogP contribution in [-0.4, -0.2) is 24.2 Å². The second kappa shape index (κ2) is 5.67. The number of carbonyl (C=O) groups excluding carboxylic acids is 1. The third-order valence-corrected chi connectivity index (χ3v) is 3.15. The van der Waals surface area contributed by atoms with Gasteiger partial charge in [0.2, 0.25) is 0 Å². The Bertz CT molecular complexity index is 750. The van der Waals surface area contributed by atoms with E-state index in [1.807, 2.05) is 0 Å². The van der Waals surface area contributed by atoms with Gasteiger partial charge in [-0.25, -0.2) is 4.79 Å². The lowest BCUT2D eigenvalue weighted by atomic mass is 9.97. The van der Waals surface area contributed by atoms with E-state index in [0.717, 1.165) is 12.1 Å². The lowest BCUT2D eigenvalue weighted by molar-refractivity contribution is -0.140. The quantitative estimate of drug-likeness (QED) is 0.884. The van der Waals surface area contributed by atoms with Gasteiger partial charge in [-0.2, -0.15) is 13.2 Å². The molecule has 0 amide bonds. The molecule has 0 atom stereocenters. The second-order valence-electron chi connectivity index (χ2n) is 4.64. The first kappa shape index (κ1) is 15.8. The van der Waals surface area contributed by atoms with Gasteiger partial charge in [0.15, 0.2) is 0 Å². The lowest BCUT2D eigenvalue weighted by Gasteiger charge is -2.11. The van der Waals surface area contributed by atoms with E-state index in [2.05, 4.69) is 4.74 Å². The third kappa shape index (κ3) is 3.19. The smallest absolute Gasteiger partial charge is 0.416 e. The van der Waals surface area contributed by atoms with Crippen LogP contribution in [0.3, 0.4) is 0 Å². The molecule has 2 rings (SSSR count). The second-order valence-corrected chi connectivity index (χ2v) is 4.64. The summed E-state index contributed by atoms with van der Waals surface area (Å²) in [6, 6.07) is 5.50. The molecule has 7 heteroatoms. The molecule has 22 heavy (non-hydrogen) atoms. The van der Waals surface area contributed by atoms with Gasteiger partial charge < -0.3 is 9.84 Å². The molecule has 0 aliphatic heterocycles. The highest BCUT2D eigenvalue weighted by Crippen LogP contribution is 2.33. The summed E-state index contributed by atoms with van der Waals surface area (Å²) in [5.74, 6) is -1.93. The molecule has 0 heterocycles. The van der Waals surface area contributed by atoms with Crippen molar-refractivity contribution in [3.63, 3.8) is 0 Å². The molecule has 2 aromatic carbocycles. The third-order valence-electron chi connectivity index (χ3n) is 3.15. The van der Waals surface area contributed by atoms with Gasteiger partial charge in [-0.3, -0.25) is 4.79 Å². The highest BCUT2D eigenvalue weighted by Gasteiger charge is 2.31. The van der Waals surface area contributed by atoms with E-state index in [4.69, 9.17) is 0 Å². The number of ether oxygens (including phenoxy) is 1. The number of alkyl halides is 3. The molecule has 0 unspecified atom stereocenters. The fourth-order valence-corrected chi connectivity index (χ4v) is 2.11. The van der Waals surface area contributed by atoms with Crippen molar-refractivity contribution in [1.29, 1.82) is 0 Å². The molecule has 0 aliphatic carbocycles. The zero-order valence-electron chi connectivity index (χ0n) is 11.4. The highest BCUT2D eigenvalue weighted by molar-refractivity contribution is 6.04. The number of rotatable bonds is 3. The molecule has 0 saturated carbocycles. The van der Waals surface area contributed by atoms with Crippen LogP contribution in [0.25, 0.3) is 10.8 Å². The summed E-state index contributed by atoms with van der Waals surface area (Å²) in [5.41, 5.74) is -0.859. The Morgan fingerprint density at radius 1 is 1.18 bits per heavy atom. The van der Waals surface area contributed by atoms with E-state index in [0.29, 0.717) is 10.9 Å². The van der Waals surface area contributed by atoms with Crippen molar-refractivity contribution in [3.8, 4) is 0 Å². The van der Waals surface area contributed by atoms with Crippen LogP contribution in [0.2, 0.25) is 0 Å². The standard InChI is InChI=1S/C15H11F3O4/c1-22-13(19)6-8-4-9-2-3-10(15(16,17)18)7-11(9)12(5-8)14(20)21/h2-5,7H,6H2,1H3,(H,20,21). The summed E-state index contributed by atoms with van der Waals surface area (Å²) in [7, 11) is 1.19. The summed E-state index contributed by atoms with van der Waals surface area (Å²) in [6.45, 7) is 0. The van der Waals surface area contributed by atoms with Gasteiger partial charge in [0, 0.05) is 0 Å². The number of carbonyl (C=O) groups is 2. The molecule has 0 fully saturated rings. The number of carboxylic acids is 1. The number of fused-ring (bicyclic) bond motifs is 1. The summed E-state index contributed by atoms with van der Waals surface area (Å²) in [4.78, 5) is 22.6. The number of hydrogen-bond donors (Lipinski definition) is 1. The van der Waals surface area contributed by atoms with Crippen molar-refractivity contribution in [2.75, 3.05) is 7.11 Å². The maximum absolute atomic E-state index is 12.7. The lowest BCUT2D eigenvalue weighted by Crippen LogP contribution is -2.08. The van der Waals surface area contributed by atoms with Crippen molar-refractivity contribution >= 4 is 22.7 Å². The molecule has 116 valence electrons. The molecule has 0 bridgehead atoms. The summed E-state index contributed by atoms with van der Waals surface area (Å²) in [5, 5.41) is 9.48. The highest BCUT2D eigenvalue weighted by atomic mass is 19.4. The van der Waals surface area contributed by atoms with Crippen LogP contribution >= 0.6 is 0 Å².